The number of nitrogens with one attached hydrogen (secondary N) is 1. The monoisotopic (exact) mass is 403 g/mol. The maximum Gasteiger partial charge on any atom is 0.306 e. The smallest absolute Gasteiger partial charge is 0.306 e. The number of esters is 1. The molecule has 0 fully saturated rings. The van der Waals surface area contributed by atoms with Crippen LogP contribution in [0.1, 0.15) is 46.6 Å². The van der Waals surface area contributed by atoms with E-state index in [1.54, 1.807) is 30.3 Å². The SMILES string of the molecule is CC(/C=C/C(=O)N[C@H](CO)Cc1ccc(O)cc1)=C\[C@H](C)CC(=O)OC(C)(C)C. The molecule has 2 atom stereocenters. The van der Waals surface area contributed by atoms with Crippen molar-refractivity contribution >= 4 is 11.9 Å². The first kappa shape index (κ1) is 24.4. The van der Waals surface area contributed by atoms with Gasteiger partial charge in [0.25, 0.3) is 0 Å². The van der Waals surface area contributed by atoms with Crippen LogP contribution in [0.3, 0.4) is 0 Å². The number of carbonyl (C=O) groups is 2. The molecule has 1 amide bonds. The van der Waals surface area contributed by atoms with Gasteiger partial charge >= 0.3 is 5.97 Å². The number of carbonyl (C=O) groups excluding carboxylic acids is 2. The van der Waals surface area contributed by atoms with Gasteiger partial charge in [-0.1, -0.05) is 36.8 Å². The zero-order valence-electron chi connectivity index (χ0n) is 17.9. The van der Waals surface area contributed by atoms with Crippen LogP contribution in [-0.2, 0) is 20.7 Å². The molecule has 1 rings (SSSR count). The molecule has 0 unspecified atom stereocenters. The van der Waals surface area contributed by atoms with Crippen LogP contribution in [0, 0.1) is 5.92 Å². The number of amides is 1. The number of aromatic hydroxyl groups is 1. The van der Waals surface area contributed by atoms with Crippen LogP contribution in [0.5, 0.6) is 5.75 Å². The minimum Gasteiger partial charge on any atom is -0.508 e. The zero-order valence-corrected chi connectivity index (χ0v) is 17.9. The lowest BCUT2D eigenvalue weighted by atomic mass is 10.0. The van der Waals surface area contributed by atoms with E-state index in [-0.39, 0.29) is 36.6 Å². The van der Waals surface area contributed by atoms with Crippen molar-refractivity contribution in [2.75, 3.05) is 6.61 Å². The molecule has 160 valence electrons. The van der Waals surface area contributed by atoms with Gasteiger partial charge in [-0.05, 0) is 57.7 Å². The third kappa shape index (κ3) is 11.1. The van der Waals surface area contributed by atoms with Crippen LogP contribution < -0.4 is 5.32 Å². The highest BCUT2D eigenvalue weighted by Gasteiger charge is 2.17. The second-order valence-corrected chi connectivity index (χ2v) is 8.27. The average Bonchev–Trinajstić information content (AvgIpc) is 2.59. The molecule has 0 bridgehead atoms. The normalized spacial score (nSPS) is 14.5. The molecule has 0 radical (unpaired) electrons. The summed E-state index contributed by atoms with van der Waals surface area (Å²) in [6, 6.07) is 6.21. The number of rotatable bonds is 9. The number of hydrogen-bond donors (Lipinski definition) is 3. The number of phenolic OH excluding ortho intramolecular Hbond substituents is 1. The lowest BCUT2D eigenvalue weighted by molar-refractivity contribution is -0.155. The summed E-state index contributed by atoms with van der Waals surface area (Å²) in [7, 11) is 0. The van der Waals surface area contributed by atoms with E-state index in [1.807, 2.05) is 40.7 Å². The maximum absolute atomic E-state index is 12.1. The van der Waals surface area contributed by atoms with Crippen molar-refractivity contribution in [3.63, 3.8) is 0 Å². The molecule has 0 aliphatic heterocycles. The van der Waals surface area contributed by atoms with E-state index in [0.717, 1.165) is 11.1 Å². The summed E-state index contributed by atoms with van der Waals surface area (Å²) in [5.41, 5.74) is 1.25. The van der Waals surface area contributed by atoms with E-state index in [4.69, 9.17) is 4.74 Å². The average molecular weight is 404 g/mol. The molecule has 6 nitrogen and oxygen atoms in total. The third-order valence-corrected chi connectivity index (χ3v) is 3.94. The van der Waals surface area contributed by atoms with Crippen molar-refractivity contribution in [2.45, 2.75) is 59.1 Å². The van der Waals surface area contributed by atoms with Crippen molar-refractivity contribution in [3.8, 4) is 5.75 Å². The fourth-order valence-electron chi connectivity index (χ4n) is 2.74. The Morgan fingerprint density at radius 3 is 2.34 bits per heavy atom. The Morgan fingerprint density at radius 2 is 1.79 bits per heavy atom. The predicted molar refractivity (Wildman–Crippen MR) is 113 cm³/mol. The molecule has 6 heteroatoms. The lowest BCUT2D eigenvalue weighted by Gasteiger charge is -2.20. The molecule has 0 saturated carbocycles. The van der Waals surface area contributed by atoms with E-state index < -0.39 is 11.6 Å². The van der Waals surface area contributed by atoms with Crippen LogP contribution in [0.25, 0.3) is 0 Å². The summed E-state index contributed by atoms with van der Waals surface area (Å²) in [4.78, 5) is 24.0. The first-order valence-corrected chi connectivity index (χ1v) is 9.76. The Morgan fingerprint density at radius 1 is 1.17 bits per heavy atom. The van der Waals surface area contributed by atoms with E-state index >= 15 is 0 Å². The molecule has 0 aliphatic rings. The van der Waals surface area contributed by atoms with Crippen molar-refractivity contribution in [2.24, 2.45) is 5.92 Å². The van der Waals surface area contributed by atoms with Crippen LogP contribution in [-0.4, -0.2) is 40.3 Å². The van der Waals surface area contributed by atoms with Gasteiger partial charge in [0.15, 0.2) is 0 Å². The summed E-state index contributed by atoms with van der Waals surface area (Å²) >= 11 is 0. The van der Waals surface area contributed by atoms with Gasteiger partial charge in [0.1, 0.15) is 11.4 Å². The van der Waals surface area contributed by atoms with Gasteiger partial charge < -0.3 is 20.3 Å². The molecule has 1 aromatic rings. The standard InChI is InChI=1S/C23H33NO5/c1-16(12-17(2)13-22(28)29-23(3,4)5)6-11-21(27)24-19(15-25)14-18-7-9-20(26)10-8-18/h6-12,17,19,25-26H,13-15H2,1-5H3,(H,24,27)/b11-6+,16-12+/t17-,19-/m0/s1. The number of aliphatic hydroxyl groups is 1. The highest BCUT2D eigenvalue weighted by molar-refractivity contribution is 5.88. The molecule has 1 aromatic carbocycles. The second-order valence-electron chi connectivity index (χ2n) is 8.27. The number of allylic oxidation sites excluding steroid dienone is 3. The van der Waals surface area contributed by atoms with Gasteiger partial charge in [-0.2, -0.15) is 0 Å². The van der Waals surface area contributed by atoms with E-state index in [0.29, 0.717) is 6.42 Å². The van der Waals surface area contributed by atoms with Crippen LogP contribution in [0.2, 0.25) is 0 Å². The highest BCUT2D eigenvalue weighted by Crippen LogP contribution is 2.14. The molecule has 0 aromatic heterocycles. The van der Waals surface area contributed by atoms with Crippen LogP contribution >= 0.6 is 0 Å². The van der Waals surface area contributed by atoms with Gasteiger partial charge in [0.2, 0.25) is 5.91 Å². The van der Waals surface area contributed by atoms with Gasteiger partial charge in [-0.3, -0.25) is 9.59 Å². The van der Waals surface area contributed by atoms with Crippen LogP contribution in [0.4, 0.5) is 0 Å². The minimum absolute atomic E-state index is 0.0164. The summed E-state index contributed by atoms with van der Waals surface area (Å²) < 4.78 is 5.31. The van der Waals surface area contributed by atoms with Gasteiger partial charge in [0, 0.05) is 6.08 Å². The number of phenols is 1. The quantitative estimate of drug-likeness (QED) is 0.334. The second kappa shape index (κ2) is 11.4. The number of benzene rings is 1. The summed E-state index contributed by atoms with van der Waals surface area (Å²) in [5.74, 6) is -0.409. The molecule has 0 aliphatic carbocycles. The highest BCUT2D eigenvalue weighted by atomic mass is 16.6. The summed E-state index contributed by atoms with van der Waals surface area (Å²) in [6.07, 6.45) is 5.72. The summed E-state index contributed by atoms with van der Waals surface area (Å²) in [5, 5.41) is 21.6. The van der Waals surface area contributed by atoms with Crippen molar-refractivity contribution < 1.29 is 24.5 Å². The first-order valence-electron chi connectivity index (χ1n) is 9.76. The number of hydrogen-bond acceptors (Lipinski definition) is 5. The third-order valence-electron chi connectivity index (χ3n) is 3.94. The Hall–Kier alpha value is -2.60. The number of aliphatic hydroxyl groups excluding tert-OH is 1. The van der Waals surface area contributed by atoms with Gasteiger partial charge in [-0.25, -0.2) is 0 Å². The predicted octanol–water partition coefficient (Wildman–Crippen LogP) is 3.28. The largest absolute Gasteiger partial charge is 0.508 e. The Kier molecular flexibility index (Phi) is 9.62. The zero-order chi connectivity index (χ0) is 22.0. The topological polar surface area (TPSA) is 95.9 Å². The fourth-order valence-corrected chi connectivity index (χ4v) is 2.74. The van der Waals surface area contributed by atoms with E-state index in [1.165, 1.54) is 6.08 Å². The van der Waals surface area contributed by atoms with Crippen molar-refractivity contribution in [1.82, 2.24) is 5.32 Å². The van der Waals surface area contributed by atoms with E-state index in [9.17, 15) is 19.8 Å². The summed E-state index contributed by atoms with van der Waals surface area (Å²) in [6.45, 7) is 9.08. The van der Waals surface area contributed by atoms with Gasteiger partial charge in [-0.15, -0.1) is 0 Å². The Bertz CT molecular complexity index is 729. The number of ether oxygens (including phenoxy) is 1. The van der Waals surface area contributed by atoms with Crippen molar-refractivity contribution in [3.05, 3.63) is 53.6 Å². The molecular weight excluding hydrogens is 370 g/mol. The van der Waals surface area contributed by atoms with E-state index in [2.05, 4.69) is 5.32 Å². The first-order chi connectivity index (χ1) is 13.5. The lowest BCUT2D eigenvalue weighted by Crippen LogP contribution is -2.38. The molecule has 0 heterocycles. The van der Waals surface area contributed by atoms with Crippen LogP contribution in [0.15, 0.2) is 48.1 Å². The molecule has 3 N–H and O–H groups in total. The molecule has 0 saturated heterocycles. The molecule has 0 spiro atoms. The molecular formula is C23H33NO5. The molecule has 29 heavy (non-hydrogen) atoms. The van der Waals surface area contributed by atoms with Crippen molar-refractivity contribution in [1.29, 1.82) is 0 Å². The maximum atomic E-state index is 12.1. The Labute approximate surface area is 173 Å². The van der Waals surface area contributed by atoms with Gasteiger partial charge in [0.05, 0.1) is 19.1 Å². The minimum atomic E-state index is -0.503. The fraction of sp³-hybridized carbons (Fsp3) is 0.478. The Balaban J connectivity index is 2.54.